The van der Waals surface area contributed by atoms with Crippen molar-refractivity contribution >= 4 is 22.7 Å². The van der Waals surface area contributed by atoms with Crippen LogP contribution in [-0.2, 0) is 15.5 Å². The van der Waals surface area contributed by atoms with Crippen molar-refractivity contribution in [2.75, 3.05) is 31.1 Å². The molecule has 2 aliphatic carbocycles. The first-order chi connectivity index (χ1) is 15.5. The van der Waals surface area contributed by atoms with Crippen LogP contribution in [0, 0.1) is 17.2 Å². The zero-order valence-corrected chi connectivity index (χ0v) is 19.9. The van der Waals surface area contributed by atoms with Crippen LogP contribution in [0.25, 0.3) is 0 Å². The van der Waals surface area contributed by atoms with E-state index in [4.69, 9.17) is 10.1 Å². The lowest BCUT2D eigenvalue weighted by molar-refractivity contribution is -0.194. The van der Waals surface area contributed by atoms with E-state index in [-0.39, 0.29) is 29.8 Å². The standard InChI is InChI=1S/C22H35F4N3O3S/c1-15(22(24,25)26)32-20(27)17-4-2-16(3-5-17)14-29(19-8-6-18(23)7-9-19)21(30)28-10-12-33(31)13-11-28/h15-19,27H,2-14H2,1H3. The third kappa shape index (κ3) is 7.29. The number of nitrogens with zero attached hydrogens (tertiary/aromatic N) is 2. The number of rotatable bonds is 5. The lowest BCUT2D eigenvalue weighted by atomic mass is 9.81. The molecule has 33 heavy (non-hydrogen) atoms. The van der Waals surface area contributed by atoms with Gasteiger partial charge in [-0.25, -0.2) is 9.18 Å². The molecule has 3 aliphatic rings. The number of urea groups is 1. The number of halogens is 4. The lowest BCUT2D eigenvalue weighted by Gasteiger charge is -2.42. The molecule has 0 spiro atoms. The highest BCUT2D eigenvalue weighted by atomic mass is 32.2. The second-order valence-corrected chi connectivity index (χ2v) is 11.3. The number of amides is 2. The molecule has 0 aromatic heterocycles. The fraction of sp³-hybridized carbons (Fsp3) is 0.909. The molecule has 11 heteroatoms. The smallest absolute Gasteiger partial charge is 0.425 e. The minimum absolute atomic E-state index is 0.0242. The van der Waals surface area contributed by atoms with E-state index in [1.165, 1.54) is 0 Å². The van der Waals surface area contributed by atoms with Crippen LogP contribution >= 0.6 is 0 Å². The zero-order chi connectivity index (χ0) is 24.2. The topological polar surface area (TPSA) is 73.7 Å². The van der Waals surface area contributed by atoms with E-state index in [2.05, 4.69) is 0 Å². The van der Waals surface area contributed by atoms with Gasteiger partial charge in [0.15, 0.2) is 12.0 Å². The molecule has 1 aliphatic heterocycles. The number of alkyl halides is 4. The molecule has 0 bridgehead atoms. The van der Waals surface area contributed by atoms with Gasteiger partial charge in [0, 0.05) is 53.9 Å². The fourth-order valence-corrected chi connectivity index (χ4v) is 6.03. The molecule has 1 saturated heterocycles. The van der Waals surface area contributed by atoms with E-state index >= 15 is 0 Å². The Morgan fingerprint density at radius 2 is 1.67 bits per heavy atom. The molecule has 1 N–H and O–H groups in total. The van der Waals surface area contributed by atoms with Gasteiger partial charge in [0.05, 0.1) is 0 Å². The molecule has 1 unspecified atom stereocenters. The van der Waals surface area contributed by atoms with E-state index in [1.54, 1.807) is 4.90 Å². The van der Waals surface area contributed by atoms with Gasteiger partial charge in [-0.1, -0.05) is 0 Å². The van der Waals surface area contributed by atoms with Crippen molar-refractivity contribution in [3.05, 3.63) is 0 Å². The monoisotopic (exact) mass is 497 g/mol. The van der Waals surface area contributed by atoms with Crippen LogP contribution in [0.5, 0.6) is 0 Å². The summed E-state index contributed by atoms with van der Waals surface area (Å²) in [6.07, 6.45) is -2.70. The maximum atomic E-state index is 13.7. The summed E-state index contributed by atoms with van der Waals surface area (Å²) in [5.41, 5.74) is 0. The molecule has 190 valence electrons. The normalized spacial score (nSPS) is 30.5. The molecular weight excluding hydrogens is 462 g/mol. The number of nitrogens with one attached hydrogen (secondary N) is 1. The highest BCUT2D eigenvalue weighted by molar-refractivity contribution is 7.85. The zero-order valence-electron chi connectivity index (χ0n) is 19.1. The Bertz CT molecular complexity index is 697. The van der Waals surface area contributed by atoms with Gasteiger partial charge in [0.1, 0.15) is 6.17 Å². The second kappa shape index (κ2) is 11.4. The number of carbonyl (C=O) groups excluding carboxylic acids is 1. The van der Waals surface area contributed by atoms with Crippen molar-refractivity contribution in [3.8, 4) is 0 Å². The van der Waals surface area contributed by atoms with Crippen molar-refractivity contribution in [1.29, 1.82) is 5.41 Å². The third-order valence-corrected chi connectivity index (χ3v) is 8.47. The minimum atomic E-state index is -4.50. The van der Waals surface area contributed by atoms with Gasteiger partial charge in [0.25, 0.3) is 0 Å². The highest BCUT2D eigenvalue weighted by Crippen LogP contribution is 2.34. The largest absolute Gasteiger partial charge is 0.468 e. The van der Waals surface area contributed by atoms with Crippen molar-refractivity contribution in [3.63, 3.8) is 0 Å². The van der Waals surface area contributed by atoms with Gasteiger partial charge >= 0.3 is 12.2 Å². The summed E-state index contributed by atoms with van der Waals surface area (Å²) in [5, 5.41) is 7.94. The highest BCUT2D eigenvalue weighted by Gasteiger charge is 2.40. The van der Waals surface area contributed by atoms with Crippen LogP contribution in [-0.4, -0.2) is 81.6 Å². The number of hydrogen-bond donors (Lipinski definition) is 1. The second-order valence-electron chi connectivity index (χ2n) is 9.56. The average molecular weight is 498 g/mol. The number of hydrogen-bond acceptors (Lipinski definition) is 4. The Morgan fingerprint density at radius 1 is 1.09 bits per heavy atom. The van der Waals surface area contributed by atoms with E-state index < -0.39 is 29.3 Å². The van der Waals surface area contributed by atoms with Crippen LogP contribution in [0.15, 0.2) is 0 Å². The van der Waals surface area contributed by atoms with E-state index in [9.17, 15) is 26.6 Å². The molecule has 3 rings (SSSR count). The molecule has 0 aromatic rings. The first-order valence-corrected chi connectivity index (χ1v) is 13.4. The van der Waals surface area contributed by atoms with E-state index in [0.717, 1.165) is 6.92 Å². The Balaban J connectivity index is 1.57. The summed E-state index contributed by atoms with van der Waals surface area (Å²) in [6, 6.07) is -0.102. The molecule has 2 amide bonds. The maximum absolute atomic E-state index is 13.7. The number of carbonyl (C=O) groups is 1. The molecule has 0 aromatic carbocycles. The molecule has 0 radical (unpaired) electrons. The maximum Gasteiger partial charge on any atom is 0.425 e. The van der Waals surface area contributed by atoms with Crippen LogP contribution in [0.4, 0.5) is 22.4 Å². The van der Waals surface area contributed by atoms with Crippen molar-refractivity contribution in [2.45, 2.75) is 82.8 Å². The first-order valence-electron chi connectivity index (χ1n) is 11.9. The minimum Gasteiger partial charge on any atom is -0.468 e. The Morgan fingerprint density at radius 3 is 2.21 bits per heavy atom. The Labute approximate surface area is 195 Å². The summed E-state index contributed by atoms with van der Waals surface area (Å²) in [4.78, 5) is 17.0. The quantitative estimate of drug-likeness (QED) is 0.345. The SMILES string of the molecule is CC(OC(=N)C1CCC(CN(C(=O)N2CCS(=O)CC2)C2CCC(F)CC2)CC1)C(F)(F)F. The van der Waals surface area contributed by atoms with Gasteiger partial charge in [0.2, 0.25) is 0 Å². The number of ether oxygens (including phenoxy) is 1. The van der Waals surface area contributed by atoms with Gasteiger partial charge in [-0.05, 0) is 64.2 Å². The van der Waals surface area contributed by atoms with Gasteiger partial charge in [-0.15, -0.1) is 0 Å². The molecule has 3 fully saturated rings. The molecule has 1 atom stereocenters. The first kappa shape index (κ1) is 26.2. The van der Waals surface area contributed by atoms with Crippen LogP contribution in [0.2, 0.25) is 0 Å². The van der Waals surface area contributed by atoms with Crippen LogP contribution in [0.1, 0.15) is 58.3 Å². The molecule has 1 heterocycles. The Hall–Kier alpha value is -1.39. The summed E-state index contributed by atoms with van der Waals surface area (Å²) in [6.45, 7) is 2.35. The predicted octanol–water partition coefficient (Wildman–Crippen LogP) is 4.50. The predicted molar refractivity (Wildman–Crippen MR) is 118 cm³/mol. The summed E-state index contributed by atoms with van der Waals surface area (Å²) in [7, 11) is -0.889. The molecule has 6 nitrogen and oxygen atoms in total. The summed E-state index contributed by atoms with van der Waals surface area (Å²) < 4.78 is 68.4. The van der Waals surface area contributed by atoms with Gasteiger partial charge < -0.3 is 14.5 Å². The Kier molecular flexibility index (Phi) is 9.02. The summed E-state index contributed by atoms with van der Waals surface area (Å²) in [5.74, 6) is 0.476. The molecular formula is C22H35F4N3O3S. The van der Waals surface area contributed by atoms with E-state index in [1.807, 2.05) is 4.90 Å². The van der Waals surface area contributed by atoms with Crippen LogP contribution in [0.3, 0.4) is 0 Å². The molecule has 2 saturated carbocycles. The fourth-order valence-electron chi connectivity index (χ4n) is 4.98. The van der Waals surface area contributed by atoms with Crippen molar-refractivity contribution < 1.29 is 31.3 Å². The van der Waals surface area contributed by atoms with E-state index in [0.29, 0.717) is 82.5 Å². The average Bonchev–Trinajstić information content (AvgIpc) is 2.78. The van der Waals surface area contributed by atoms with Gasteiger partial charge in [-0.3, -0.25) is 9.62 Å². The van der Waals surface area contributed by atoms with Crippen molar-refractivity contribution in [2.24, 2.45) is 11.8 Å². The third-order valence-electron chi connectivity index (χ3n) is 7.20. The van der Waals surface area contributed by atoms with Crippen molar-refractivity contribution in [1.82, 2.24) is 9.80 Å². The lowest BCUT2D eigenvalue weighted by Crippen LogP contribution is -2.54. The summed E-state index contributed by atoms with van der Waals surface area (Å²) >= 11 is 0. The van der Waals surface area contributed by atoms with Crippen LogP contribution < -0.4 is 0 Å². The van der Waals surface area contributed by atoms with Gasteiger partial charge in [-0.2, -0.15) is 13.2 Å².